The van der Waals surface area contributed by atoms with Crippen LogP contribution < -0.4 is 5.32 Å². The van der Waals surface area contributed by atoms with Crippen molar-refractivity contribution in [3.05, 3.63) is 29.8 Å². The van der Waals surface area contributed by atoms with Gasteiger partial charge in [0, 0.05) is 19.7 Å². The predicted octanol–water partition coefficient (Wildman–Crippen LogP) is 2.33. The van der Waals surface area contributed by atoms with Crippen LogP contribution in [0.3, 0.4) is 0 Å². The Morgan fingerprint density at radius 2 is 2.18 bits per heavy atom. The highest BCUT2D eigenvalue weighted by Crippen LogP contribution is 2.28. The molecule has 0 unspecified atom stereocenters. The van der Waals surface area contributed by atoms with Gasteiger partial charge in [0.25, 0.3) is 0 Å². The maximum absolute atomic E-state index is 9.27. The monoisotopic (exact) mass is 257 g/mol. The first-order chi connectivity index (χ1) is 7.84. The smallest absolute Gasteiger partial charge is 0.115 e. The third kappa shape index (κ3) is 5.91. The highest BCUT2D eigenvalue weighted by Gasteiger charge is 2.20. The summed E-state index contributed by atoms with van der Waals surface area (Å²) in [7, 11) is 0. The van der Waals surface area contributed by atoms with Gasteiger partial charge in [0.1, 0.15) is 5.75 Å². The van der Waals surface area contributed by atoms with Crippen LogP contribution in [0.1, 0.15) is 18.4 Å². The Kier molecular flexibility index (Phi) is 6.34. The molecule has 1 aromatic carbocycles. The number of hydrogen-bond donors (Lipinski definition) is 2. The lowest BCUT2D eigenvalue weighted by Crippen LogP contribution is -2.19. The number of phenols is 1. The number of halogens is 1. The average molecular weight is 258 g/mol. The Morgan fingerprint density at radius 3 is 2.88 bits per heavy atom. The molecule has 0 radical (unpaired) electrons. The minimum atomic E-state index is 0. The summed E-state index contributed by atoms with van der Waals surface area (Å²) in [6, 6.07) is 7.31. The van der Waals surface area contributed by atoms with E-state index in [9.17, 15) is 5.11 Å². The molecule has 0 aliphatic heterocycles. The fraction of sp³-hybridized carbons (Fsp3) is 0.538. The van der Waals surface area contributed by atoms with Crippen LogP contribution in [0.15, 0.2) is 24.3 Å². The van der Waals surface area contributed by atoms with Crippen LogP contribution in [0.2, 0.25) is 0 Å². The summed E-state index contributed by atoms with van der Waals surface area (Å²) in [4.78, 5) is 0. The first-order valence-corrected chi connectivity index (χ1v) is 5.91. The van der Waals surface area contributed by atoms with Crippen molar-refractivity contribution in [2.45, 2.75) is 19.4 Å². The summed E-state index contributed by atoms with van der Waals surface area (Å²) in [6.45, 7) is 3.34. The van der Waals surface area contributed by atoms with Crippen molar-refractivity contribution in [1.82, 2.24) is 5.32 Å². The molecule has 1 fully saturated rings. The van der Waals surface area contributed by atoms with Gasteiger partial charge in [-0.05, 0) is 36.5 Å². The van der Waals surface area contributed by atoms with Crippen LogP contribution >= 0.6 is 12.4 Å². The molecule has 96 valence electrons. The van der Waals surface area contributed by atoms with Gasteiger partial charge in [-0.15, -0.1) is 12.4 Å². The van der Waals surface area contributed by atoms with E-state index in [1.165, 1.54) is 12.8 Å². The van der Waals surface area contributed by atoms with E-state index >= 15 is 0 Å². The van der Waals surface area contributed by atoms with Crippen LogP contribution in [0.4, 0.5) is 0 Å². The second-order valence-electron chi connectivity index (χ2n) is 4.36. The predicted molar refractivity (Wildman–Crippen MR) is 70.6 cm³/mol. The summed E-state index contributed by atoms with van der Waals surface area (Å²) in [5.41, 5.74) is 1.10. The largest absolute Gasteiger partial charge is 0.508 e. The molecule has 0 atom stereocenters. The van der Waals surface area contributed by atoms with Crippen LogP contribution in [-0.2, 0) is 11.3 Å². The summed E-state index contributed by atoms with van der Waals surface area (Å²) < 4.78 is 5.51. The third-order valence-electron chi connectivity index (χ3n) is 2.71. The van der Waals surface area contributed by atoms with Crippen LogP contribution in [0.5, 0.6) is 5.75 Å². The van der Waals surface area contributed by atoms with E-state index < -0.39 is 0 Å². The minimum absolute atomic E-state index is 0. The van der Waals surface area contributed by atoms with Gasteiger partial charge in [-0.2, -0.15) is 0 Å². The molecule has 1 saturated carbocycles. The number of phenolic OH excluding ortho intramolecular Hbond substituents is 1. The molecule has 1 aliphatic carbocycles. The van der Waals surface area contributed by atoms with Crippen molar-refractivity contribution in [3.63, 3.8) is 0 Å². The van der Waals surface area contributed by atoms with Crippen molar-refractivity contribution < 1.29 is 9.84 Å². The van der Waals surface area contributed by atoms with Crippen molar-refractivity contribution >= 4 is 12.4 Å². The molecular weight excluding hydrogens is 238 g/mol. The lowest BCUT2D eigenvalue weighted by Gasteiger charge is -2.06. The van der Waals surface area contributed by atoms with Gasteiger partial charge in [-0.25, -0.2) is 0 Å². The maximum atomic E-state index is 9.27. The number of aromatic hydroxyl groups is 1. The summed E-state index contributed by atoms with van der Waals surface area (Å²) in [6.07, 6.45) is 2.69. The first kappa shape index (κ1) is 14.3. The molecule has 1 aromatic rings. The Labute approximate surface area is 109 Å². The van der Waals surface area contributed by atoms with Gasteiger partial charge in [0.15, 0.2) is 0 Å². The van der Waals surface area contributed by atoms with Crippen LogP contribution in [0, 0.1) is 5.92 Å². The Bertz CT molecular complexity index is 329. The molecule has 4 heteroatoms. The summed E-state index contributed by atoms with van der Waals surface area (Å²) in [5.74, 6) is 1.16. The topological polar surface area (TPSA) is 41.5 Å². The highest BCUT2D eigenvalue weighted by molar-refractivity contribution is 5.85. The maximum Gasteiger partial charge on any atom is 0.115 e. The number of ether oxygens (including phenoxy) is 1. The average Bonchev–Trinajstić information content (AvgIpc) is 3.07. The fourth-order valence-electron chi connectivity index (χ4n) is 1.58. The molecular formula is C13H20ClNO2. The second-order valence-corrected chi connectivity index (χ2v) is 4.36. The third-order valence-corrected chi connectivity index (χ3v) is 2.71. The molecule has 0 aromatic heterocycles. The Balaban J connectivity index is 0.00000144. The second kappa shape index (κ2) is 7.54. The van der Waals surface area contributed by atoms with E-state index in [-0.39, 0.29) is 12.4 Å². The lowest BCUT2D eigenvalue weighted by atomic mass is 10.2. The number of benzene rings is 1. The fourth-order valence-corrected chi connectivity index (χ4v) is 1.58. The lowest BCUT2D eigenvalue weighted by molar-refractivity contribution is 0.126. The van der Waals surface area contributed by atoms with E-state index in [0.29, 0.717) is 5.75 Å². The van der Waals surface area contributed by atoms with Crippen molar-refractivity contribution in [1.29, 1.82) is 0 Å². The van der Waals surface area contributed by atoms with Crippen molar-refractivity contribution in [3.8, 4) is 5.75 Å². The van der Waals surface area contributed by atoms with Gasteiger partial charge in [-0.3, -0.25) is 0 Å². The van der Waals surface area contributed by atoms with E-state index in [1.807, 2.05) is 12.1 Å². The zero-order valence-corrected chi connectivity index (χ0v) is 10.7. The van der Waals surface area contributed by atoms with Gasteiger partial charge >= 0.3 is 0 Å². The number of hydrogen-bond acceptors (Lipinski definition) is 3. The number of nitrogens with one attached hydrogen (secondary N) is 1. The van der Waals surface area contributed by atoms with E-state index in [4.69, 9.17) is 4.74 Å². The molecule has 0 heterocycles. The molecule has 0 bridgehead atoms. The molecule has 0 amide bonds. The zero-order valence-electron chi connectivity index (χ0n) is 9.89. The molecule has 2 N–H and O–H groups in total. The summed E-state index contributed by atoms with van der Waals surface area (Å²) in [5, 5.41) is 12.6. The van der Waals surface area contributed by atoms with Crippen molar-refractivity contribution in [2.24, 2.45) is 5.92 Å². The zero-order chi connectivity index (χ0) is 11.2. The van der Waals surface area contributed by atoms with E-state index in [1.54, 1.807) is 12.1 Å². The minimum Gasteiger partial charge on any atom is -0.508 e. The van der Waals surface area contributed by atoms with Crippen molar-refractivity contribution in [2.75, 3.05) is 19.8 Å². The van der Waals surface area contributed by atoms with Crippen LogP contribution in [-0.4, -0.2) is 24.9 Å². The van der Waals surface area contributed by atoms with Gasteiger partial charge in [-0.1, -0.05) is 12.1 Å². The number of rotatable bonds is 7. The normalized spacial score (nSPS) is 14.4. The molecule has 2 rings (SSSR count). The highest BCUT2D eigenvalue weighted by atomic mass is 35.5. The molecule has 0 spiro atoms. The van der Waals surface area contributed by atoms with E-state index in [2.05, 4.69) is 5.32 Å². The van der Waals surface area contributed by atoms with Crippen LogP contribution in [0.25, 0.3) is 0 Å². The standard InChI is InChI=1S/C13H19NO2.ClH/c15-13-3-1-2-12(8-13)9-14-6-7-16-10-11-4-5-11;/h1-3,8,11,14-15H,4-7,9-10H2;1H. The quantitative estimate of drug-likeness (QED) is 0.737. The SMILES string of the molecule is Cl.Oc1cccc(CNCCOCC2CC2)c1. The first-order valence-electron chi connectivity index (χ1n) is 5.91. The molecule has 17 heavy (non-hydrogen) atoms. The van der Waals surface area contributed by atoms with Gasteiger partial charge < -0.3 is 15.2 Å². The molecule has 1 aliphatic rings. The summed E-state index contributed by atoms with van der Waals surface area (Å²) >= 11 is 0. The Hall–Kier alpha value is -0.770. The molecule has 0 saturated heterocycles. The van der Waals surface area contributed by atoms with Gasteiger partial charge in [0.2, 0.25) is 0 Å². The van der Waals surface area contributed by atoms with E-state index in [0.717, 1.165) is 37.8 Å². The Morgan fingerprint density at radius 1 is 1.35 bits per heavy atom. The van der Waals surface area contributed by atoms with Gasteiger partial charge in [0.05, 0.1) is 6.61 Å². The molecule has 3 nitrogen and oxygen atoms in total.